The molecule has 0 aromatic rings. The molecule has 0 rings (SSSR count). The monoisotopic (exact) mass is 208 g/mol. The molecule has 0 aliphatic rings. The Morgan fingerprint density at radius 3 is 2.27 bits per heavy atom. The van der Waals surface area contributed by atoms with Crippen LogP contribution >= 0.6 is 0 Å². The van der Waals surface area contributed by atoms with Gasteiger partial charge in [-0.3, -0.25) is 9.59 Å². The fraction of sp³-hybridized carbons (Fsp3) is 0.500. The van der Waals surface area contributed by atoms with E-state index in [1.807, 2.05) is 13.8 Å². The van der Waals surface area contributed by atoms with E-state index in [1.165, 1.54) is 6.92 Å². The predicted molar refractivity (Wildman–Crippen MR) is 58.1 cm³/mol. The van der Waals surface area contributed by atoms with Gasteiger partial charge in [-0.05, 0) is 33.8 Å². The molecule has 0 radical (unpaired) electrons. The summed E-state index contributed by atoms with van der Waals surface area (Å²) in [6, 6.07) is 0. The molecule has 82 valence electrons. The van der Waals surface area contributed by atoms with Crippen LogP contribution in [0.15, 0.2) is 11.6 Å². The molecular formula is C12H16O3. The van der Waals surface area contributed by atoms with Gasteiger partial charge in [-0.1, -0.05) is 11.5 Å². The second-order valence-electron chi connectivity index (χ2n) is 3.83. The SMILES string of the molecule is C#CC(C)(C=C(C)C)OC(=O)CC(C)=O. The number of ketones is 1. The lowest BCUT2D eigenvalue weighted by Crippen LogP contribution is -2.28. The van der Waals surface area contributed by atoms with Gasteiger partial charge in [0.05, 0.1) is 0 Å². The molecular weight excluding hydrogens is 192 g/mol. The van der Waals surface area contributed by atoms with Gasteiger partial charge in [0.25, 0.3) is 0 Å². The zero-order chi connectivity index (χ0) is 12.1. The van der Waals surface area contributed by atoms with Gasteiger partial charge >= 0.3 is 5.97 Å². The van der Waals surface area contributed by atoms with Gasteiger partial charge in [0.15, 0.2) is 5.60 Å². The Bertz CT molecular complexity index is 329. The van der Waals surface area contributed by atoms with Crippen molar-refractivity contribution in [2.75, 3.05) is 0 Å². The van der Waals surface area contributed by atoms with Crippen LogP contribution in [0.25, 0.3) is 0 Å². The Morgan fingerprint density at radius 1 is 1.40 bits per heavy atom. The molecule has 0 saturated carbocycles. The standard InChI is InChI=1S/C12H16O3/c1-6-12(5,8-9(2)3)15-11(14)7-10(4)13/h1,8H,7H2,2-5H3. The minimum atomic E-state index is -1.06. The molecule has 0 aromatic heterocycles. The van der Waals surface area contributed by atoms with Gasteiger partial charge in [-0.15, -0.1) is 6.42 Å². The van der Waals surface area contributed by atoms with E-state index in [9.17, 15) is 9.59 Å². The van der Waals surface area contributed by atoms with Crippen LogP contribution in [-0.2, 0) is 14.3 Å². The molecule has 0 aliphatic heterocycles. The summed E-state index contributed by atoms with van der Waals surface area (Å²) in [5.41, 5.74) is -0.114. The van der Waals surface area contributed by atoms with Crippen molar-refractivity contribution in [3.63, 3.8) is 0 Å². The minimum absolute atomic E-state index is 0.239. The molecule has 0 N–H and O–H groups in total. The van der Waals surface area contributed by atoms with Gasteiger partial charge in [0, 0.05) is 0 Å². The largest absolute Gasteiger partial charge is 0.442 e. The highest BCUT2D eigenvalue weighted by atomic mass is 16.6. The number of hydrogen-bond acceptors (Lipinski definition) is 3. The maximum atomic E-state index is 11.2. The summed E-state index contributed by atoms with van der Waals surface area (Å²) in [6.07, 6.45) is 6.71. The van der Waals surface area contributed by atoms with E-state index in [4.69, 9.17) is 11.2 Å². The van der Waals surface area contributed by atoms with E-state index in [0.29, 0.717) is 0 Å². The van der Waals surface area contributed by atoms with E-state index < -0.39 is 11.6 Å². The molecule has 0 amide bonds. The van der Waals surface area contributed by atoms with E-state index in [1.54, 1.807) is 13.0 Å². The van der Waals surface area contributed by atoms with Crippen molar-refractivity contribution in [2.24, 2.45) is 0 Å². The maximum absolute atomic E-state index is 11.2. The molecule has 0 spiro atoms. The predicted octanol–water partition coefficient (Wildman–Crippen LogP) is 1.87. The molecule has 0 aromatic carbocycles. The highest BCUT2D eigenvalue weighted by Crippen LogP contribution is 2.14. The van der Waals surface area contributed by atoms with Crippen LogP contribution in [0.1, 0.15) is 34.1 Å². The Labute approximate surface area is 90.5 Å². The number of carbonyl (C=O) groups excluding carboxylic acids is 2. The summed E-state index contributed by atoms with van der Waals surface area (Å²) in [4.78, 5) is 21.9. The quantitative estimate of drug-likeness (QED) is 0.306. The number of rotatable bonds is 4. The number of ether oxygens (including phenoxy) is 1. The molecule has 0 fully saturated rings. The Morgan fingerprint density at radius 2 is 1.93 bits per heavy atom. The molecule has 0 aliphatic carbocycles. The zero-order valence-corrected chi connectivity index (χ0v) is 9.59. The van der Waals surface area contributed by atoms with Crippen molar-refractivity contribution in [1.82, 2.24) is 0 Å². The summed E-state index contributed by atoms with van der Waals surface area (Å²) in [7, 11) is 0. The second-order valence-corrected chi connectivity index (χ2v) is 3.83. The number of esters is 1. The summed E-state index contributed by atoms with van der Waals surface area (Å²) >= 11 is 0. The maximum Gasteiger partial charge on any atom is 0.315 e. The molecule has 15 heavy (non-hydrogen) atoms. The topological polar surface area (TPSA) is 43.4 Å². The average Bonchev–Trinajstić information content (AvgIpc) is 2.00. The molecule has 1 atom stereocenters. The summed E-state index contributed by atoms with van der Waals surface area (Å²) < 4.78 is 5.04. The summed E-state index contributed by atoms with van der Waals surface area (Å²) in [6.45, 7) is 6.65. The summed E-state index contributed by atoms with van der Waals surface area (Å²) in [5, 5.41) is 0. The van der Waals surface area contributed by atoms with E-state index >= 15 is 0 Å². The first-order valence-electron chi connectivity index (χ1n) is 4.64. The van der Waals surface area contributed by atoms with Crippen molar-refractivity contribution in [3.8, 4) is 12.3 Å². The van der Waals surface area contributed by atoms with Gasteiger partial charge in [0.1, 0.15) is 12.2 Å². The van der Waals surface area contributed by atoms with Gasteiger partial charge < -0.3 is 4.74 Å². The first-order valence-corrected chi connectivity index (χ1v) is 4.64. The van der Waals surface area contributed by atoms with E-state index in [0.717, 1.165) is 5.57 Å². The number of carbonyl (C=O) groups is 2. The fourth-order valence-electron chi connectivity index (χ4n) is 1.13. The molecule has 1 unspecified atom stereocenters. The van der Waals surface area contributed by atoms with Crippen molar-refractivity contribution in [3.05, 3.63) is 11.6 Å². The Balaban J connectivity index is 4.60. The third-order valence-electron chi connectivity index (χ3n) is 1.57. The second kappa shape index (κ2) is 5.35. The molecule has 0 saturated heterocycles. The van der Waals surface area contributed by atoms with Crippen LogP contribution in [0.5, 0.6) is 0 Å². The van der Waals surface area contributed by atoms with Gasteiger partial charge in [0.2, 0.25) is 0 Å². The highest BCUT2D eigenvalue weighted by molar-refractivity contribution is 5.94. The first-order chi connectivity index (χ1) is 6.79. The van der Waals surface area contributed by atoms with Crippen molar-refractivity contribution in [2.45, 2.75) is 39.7 Å². The van der Waals surface area contributed by atoms with Crippen LogP contribution in [0.4, 0.5) is 0 Å². The normalized spacial score (nSPS) is 13.3. The number of hydrogen-bond donors (Lipinski definition) is 0. The van der Waals surface area contributed by atoms with Crippen LogP contribution in [0.3, 0.4) is 0 Å². The lowest BCUT2D eigenvalue weighted by atomic mass is 10.0. The van der Waals surface area contributed by atoms with E-state index in [-0.39, 0.29) is 12.2 Å². The lowest BCUT2D eigenvalue weighted by Gasteiger charge is -2.20. The van der Waals surface area contributed by atoms with Crippen molar-refractivity contribution < 1.29 is 14.3 Å². The number of Topliss-reactive ketones (excluding diaryl/α,β-unsaturated/α-hetero) is 1. The summed E-state index contributed by atoms with van der Waals surface area (Å²) in [5.74, 6) is 1.55. The van der Waals surface area contributed by atoms with Crippen LogP contribution < -0.4 is 0 Å². The van der Waals surface area contributed by atoms with Crippen LogP contribution in [-0.4, -0.2) is 17.4 Å². The number of terminal acetylenes is 1. The Hall–Kier alpha value is -1.56. The number of allylic oxidation sites excluding steroid dienone is 1. The van der Waals surface area contributed by atoms with Crippen molar-refractivity contribution >= 4 is 11.8 Å². The van der Waals surface area contributed by atoms with Gasteiger partial charge in [-0.2, -0.15) is 0 Å². The van der Waals surface area contributed by atoms with Crippen LogP contribution in [0, 0.1) is 12.3 Å². The lowest BCUT2D eigenvalue weighted by molar-refractivity contribution is -0.151. The molecule has 0 heterocycles. The molecule has 3 heteroatoms. The minimum Gasteiger partial charge on any atom is -0.442 e. The van der Waals surface area contributed by atoms with Crippen LogP contribution in [0.2, 0.25) is 0 Å². The first kappa shape index (κ1) is 13.4. The molecule has 0 bridgehead atoms. The van der Waals surface area contributed by atoms with E-state index in [2.05, 4.69) is 5.92 Å². The third-order valence-corrected chi connectivity index (χ3v) is 1.57. The average molecular weight is 208 g/mol. The van der Waals surface area contributed by atoms with Crippen molar-refractivity contribution in [1.29, 1.82) is 0 Å². The Kier molecular flexibility index (Phi) is 4.80. The zero-order valence-electron chi connectivity index (χ0n) is 9.59. The van der Waals surface area contributed by atoms with Gasteiger partial charge in [-0.25, -0.2) is 0 Å². The highest BCUT2D eigenvalue weighted by Gasteiger charge is 2.23. The fourth-order valence-corrected chi connectivity index (χ4v) is 1.13. The smallest absolute Gasteiger partial charge is 0.315 e. The molecule has 3 nitrogen and oxygen atoms in total. The third kappa shape index (κ3) is 5.69.